The highest BCUT2D eigenvalue weighted by molar-refractivity contribution is 7.91. The van der Waals surface area contributed by atoms with Crippen molar-refractivity contribution in [3.8, 4) is 0 Å². The summed E-state index contributed by atoms with van der Waals surface area (Å²) in [5, 5.41) is 2.72. The maximum Gasteiger partial charge on any atom is 0.246 e. The van der Waals surface area contributed by atoms with E-state index in [1.54, 1.807) is 6.92 Å². The van der Waals surface area contributed by atoms with Gasteiger partial charge in [0.1, 0.15) is 12.6 Å². The van der Waals surface area contributed by atoms with Gasteiger partial charge in [0.2, 0.25) is 11.8 Å². The molecule has 2 atom stereocenters. The molecule has 114 valence electrons. The molecule has 0 aromatic heterocycles. The number of hydrogen-bond acceptors (Lipinski definition) is 4. The van der Waals surface area contributed by atoms with Crippen LogP contribution >= 0.6 is 0 Å². The maximum absolute atomic E-state index is 12.6. The van der Waals surface area contributed by atoms with Gasteiger partial charge >= 0.3 is 0 Å². The summed E-state index contributed by atoms with van der Waals surface area (Å²) in [4.78, 5) is 26.0. The molecule has 0 spiro atoms. The monoisotopic (exact) mass is 302 g/mol. The van der Waals surface area contributed by atoms with Crippen LogP contribution in [0.5, 0.6) is 0 Å². The Morgan fingerprint density at radius 3 is 2.35 bits per heavy atom. The zero-order valence-corrected chi connectivity index (χ0v) is 13.2. The van der Waals surface area contributed by atoms with E-state index in [4.69, 9.17) is 0 Å². The van der Waals surface area contributed by atoms with Crippen LogP contribution in [0.1, 0.15) is 34.1 Å². The Bertz CT molecular complexity index is 549. The summed E-state index contributed by atoms with van der Waals surface area (Å²) in [5.41, 5.74) is -1.17. The number of carbonyl (C=O) groups excluding carboxylic acids is 2. The molecule has 2 aliphatic heterocycles. The lowest BCUT2D eigenvalue weighted by Gasteiger charge is -2.45. The summed E-state index contributed by atoms with van der Waals surface area (Å²) in [6.45, 7) is 7.35. The maximum atomic E-state index is 12.6. The Morgan fingerprint density at radius 2 is 1.90 bits per heavy atom. The molecule has 20 heavy (non-hydrogen) atoms. The van der Waals surface area contributed by atoms with Crippen molar-refractivity contribution >= 4 is 21.7 Å². The fourth-order valence-electron chi connectivity index (χ4n) is 2.90. The average Bonchev–Trinajstić information content (AvgIpc) is 2.55. The first-order valence-electron chi connectivity index (χ1n) is 6.76. The summed E-state index contributed by atoms with van der Waals surface area (Å²) in [7, 11) is -3.12. The molecule has 0 bridgehead atoms. The molecule has 1 N–H and O–H groups in total. The molecule has 2 amide bonds. The average molecular weight is 302 g/mol. The molecule has 2 fully saturated rings. The van der Waals surface area contributed by atoms with Crippen molar-refractivity contribution in [2.75, 3.05) is 18.1 Å². The molecular weight excluding hydrogens is 280 g/mol. The number of piperazine rings is 1. The van der Waals surface area contributed by atoms with E-state index in [-0.39, 0.29) is 29.9 Å². The van der Waals surface area contributed by atoms with Crippen molar-refractivity contribution in [1.82, 2.24) is 10.2 Å². The van der Waals surface area contributed by atoms with Gasteiger partial charge in [0.05, 0.1) is 17.0 Å². The molecule has 2 saturated heterocycles. The topological polar surface area (TPSA) is 83.6 Å². The molecule has 6 nitrogen and oxygen atoms in total. The predicted octanol–water partition coefficient (Wildman–Crippen LogP) is -0.0633. The third-order valence-corrected chi connectivity index (χ3v) is 6.01. The summed E-state index contributed by atoms with van der Waals surface area (Å²) in [6.07, 6.45) is 0.394. The molecule has 0 radical (unpaired) electrons. The van der Waals surface area contributed by atoms with Crippen LogP contribution in [0.15, 0.2) is 0 Å². The SMILES string of the molecule is CC(C)(C)C1NC(=O)CN(C2(C)CCS(=O)(=O)C2)C1=O. The Hall–Kier alpha value is -1.11. The molecule has 2 rings (SSSR count). The first kappa shape index (κ1) is 15.3. The highest BCUT2D eigenvalue weighted by Gasteiger charge is 2.50. The third kappa shape index (κ3) is 2.68. The molecule has 0 saturated carbocycles. The van der Waals surface area contributed by atoms with Gasteiger partial charge in [-0.2, -0.15) is 0 Å². The van der Waals surface area contributed by atoms with Crippen LogP contribution < -0.4 is 5.32 Å². The smallest absolute Gasteiger partial charge is 0.246 e. The first-order valence-corrected chi connectivity index (χ1v) is 8.58. The van der Waals surface area contributed by atoms with Gasteiger partial charge in [-0.3, -0.25) is 9.59 Å². The van der Waals surface area contributed by atoms with E-state index in [1.165, 1.54) is 4.90 Å². The first-order chi connectivity index (χ1) is 8.95. The van der Waals surface area contributed by atoms with Gasteiger partial charge in [-0.1, -0.05) is 20.8 Å². The molecule has 0 aromatic carbocycles. The van der Waals surface area contributed by atoms with Crippen molar-refractivity contribution in [3.63, 3.8) is 0 Å². The van der Waals surface area contributed by atoms with Crippen molar-refractivity contribution in [2.45, 2.75) is 45.7 Å². The summed E-state index contributed by atoms with van der Waals surface area (Å²) in [5.74, 6) is -0.392. The number of nitrogens with one attached hydrogen (secondary N) is 1. The predicted molar refractivity (Wildman–Crippen MR) is 74.8 cm³/mol. The van der Waals surface area contributed by atoms with Crippen LogP contribution in [0.3, 0.4) is 0 Å². The number of nitrogens with zero attached hydrogens (tertiary/aromatic N) is 1. The van der Waals surface area contributed by atoms with E-state index in [2.05, 4.69) is 5.32 Å². The fraction of sp³-hybridized carbons (Fsp3) is 0.846. The highest BCUT2D eigenvalue weighted by atomic mass is 32.2. The van der Waals surface area contributed by atoms with Crippen molar-refractivity contribution < 1.29 is 18.0 Å². The second-order valence-electron chi connectivity index (χ2n) is 7.13. The van der Waals surface area contributed by atoms with Crippen molar-refractivity contribution in [1.29, 1.82) is 0 Å². The largest absolute Gasteiger partial charge is 0.342 e. The quantitative estimate of drug-likeness (QED) is 0.735. The second-order valence-corrected chi connectivity index (χ2v) is 9.31. The van der Waals surface area contributed by atoms with Crippen LogP contribution in [-0.4, -0.2) is 54.8 Å². The Balaban J connectivity index is 2.32. The van der Waals surface area contributed by atoms with E-state index in [9.17, 15) is 18.0 Å². The van der Waals surface area contributed by atoms with Gasteiger partial charge in [-0.15, -0.1) is 0 Å². The third-order valence-electron chi connectivity index (χ3n) is 4.12. The zero-order valence-electron chi connectivity index (χ0n) is 12.4. The standard InChI is InChI=1S/C13H22N2O4S/c1-12(2,3)10-11(17)15(7-9(16)14-10)13(4)5-6-20(18,19)8-13/h10H,5-8H2,1-4H3,(H,14,16). The van der Waals surface area contributed by atoms with Gasteiger partial charge in [-0.05, 0) is 18.8 Å². The minimum absolute atomic E-state index is 0.0581. The summed E-state index contributed by atoms with van der Waals surface area (Å²) in [6, 6.07) is -0.608. The normalized spacial score (nSPS) is 34.2. The lowest BCUT2D eigenvalue weighted by atomic mass is 9.83. The fourth-order valence-corrected chi connectivity index (χ4v) is 5.04. The lowest BCUT2D eigenvalue weighted by Crippen LogP contribution is -2.67. The Kier molecular flexibility index (Phi) is 3.40. The van der Waals surface area contributed by atoms with Gasteiger partial charge in [0, 0.05) is 0 Å². The van der Waals surface area contributed by atoms with Gasteiger partial charge in [0.15, 0.2) is 9.84 Å². The Labute approximate surface area is 119 Å². The molecular formula is C13H22N2O4S. The van der Waals surface area contributed by atoms with Crippen LogP contribution in [0.25, 0.3) is 0 Å². The number of amides is 2. The van der Waals surface area contributed by atoms with E-state index >= 15 is 0 Å². The summed E-state index contributed by atoms with van der Waals surface area (Å²) < 4.78 is 23.4. The van der Waals surface area contributed by atoms with Gasteiger partial charge in [0.25, 0.3) is 0 Å². The van der Waals surface area contributed by atoms with Crippen LogP contribution in [0.2, 0.25) is 0 Å². The number of hydrogen-bond donors (Lipinski definition) is 1. The van der Waals surface area contributed by atoms with Crippen LogP contribution in [0.4, 0.5) is 0 Å². The minimum atomic E-state index is -3.12. The second kappa shape index (κ2) is 4.44. The van der Waals surface area contributed by atoms with E-state index in [1.807, 2.05) is 20.8 Å². The van der Waals surface area contributed by atoms with E-state index in [0.717, 1.165) is 0 Å². The number of rotatable bonds is 1. The van der Waals surface area contributed by atoms with Crippen LogP contribution in [-0.2, 0) is 19.4 Å². The minimum Gasteiger partial charge on any atom is -0.342 e. The van der Waals surface area contributed by atoms with E-state index < -0.39 is 26.8 Å². The van der Waals surface area contributed by atoms with Gasteiger partial charge in [-0.25, -0.2) is 8.42 Å². The number of sulfone groups is 1. The molecule has 0 aromatic rings. The van der Waals surface area contributed by atoms with Gasteiger partial charge < -0.3 is 10.2 Å². The molecule has 0 aliphatic carbocycles. The highest BCUT2D eigenvalue weighted by Crippen LogP contribution is 2.33. The van der Waals surface area contributed by atoms with Crippen molar-refractivity contribution in [2.24, 2.45) is 5.41 Å². The van der Waals surface area contributed by atoms with E-state index in [0.29, 0.717) is 6.42 Å². The van der Waals surface area contributed by atoms with Crippen LogP contribution in [0, 0.1) is 5.41 Å². The molecule has 7 heteroatoms. The van der Waals surface area contributed by atoms with Crippen molar-refractivity contribution in [3.05, 3.63) is 0 Å². The molecule has 2 aliphatic rings. The Morgan fingerprint density at radius 1 is 1.30 bits per heavy atom. The number of carbonyl (C=O) groups is 2. The lowest BCUT2D eigenvalue weighted by molar-refractivity contribution is -0.152. The zero-order chi connectivity index (χ0) is 15.3. The summed E-state index contributed by atoms with van der Waals surface area (Å²) >= 11 is 0. The molecule has 2 heterocycles. The molecule has 2 unspecified atom stereocenters.